The van der Waals surface area contributed by atoms with Gasteiger partial charge in [-0.2, -0.15) is 0 Å². The molecule has 1 aliphatic carbocycles. The highest BCUT2D eigenvalue weighted by Gasteiger charge is 2.43. The van der Waals surface area contributed by atoms with Crippen LogP contribution in [0.1, 0.15) is 19.0 Å². The number of anilines is 2. The number of amides is 1. The Bertz CT molecular complexity index is 1010. The molecule has 4 N–H and O–H groups in total. The topological polar surface area (TPSA) is 92.9 Å². The molecule has 2 aliphatic rings. The van der Waals surface area contributed by atoms with E-state index in [0.29, 0.717) is 22.7 Å². The number of alkyl halides is 1. The number of allylic oxidation sites excluding steroid dienone is 3. The second-order valence-electron chi connectivity index (χ2n) is 6.59. The summed E-state index contributed by atoms with van der Waals surface area (Å²) in [5, 5.41) is 7.20. The number of nitrogens with one attached hydrogen (secondary N) is 2. The van der Waals surface area contributed by atoms with E-state index in [1.807, 2.05) is 25.3 Å². The second-order valence-corrected chi connectivity index (χ2v) is 6.59. The summed E-state index contributed by atoms with van der Waals surface area (Å²) in [5.74, 6) is -0.187. The third kappa shape index (κ3) is 2.92. The molecule has 2 aromatic rings. The Hall–Kier alpha value is -3.22. The van der Waals surface area contributed by atoms with E-state index in [2.05, 4.69) is 27.2 Å². The van der Waals surface area contributed by atoms with E-state index >= 15 is 0 Å². The molecule has 0 radical (unpaired) electrons. The second kappa shape index (κ2) is 5.94. The number of carbonyl (C=O) groups excluding carboxylic acids is 1. The Labute approximate surface area is 149 Å². The predicted octanol–water partition coefficient (Wildman–Crippen LogP) is 2.91. The number of nitrogens with two attached hydrogens (primary N) is 1. The molecule has 1 saturated carbocycles. The highest BCUT2D eigenvalue weighted by molar-refractivity contribution is 5.98. The van der Waals surface area contributed by atoms with Gasteiger partial charge in [0, 0.05) is 29.1 Å². The van der Waals surface area contributed by atoms with Gasteiger partial charge in [0.25, 0.3) is 0 Å². The minimum absolute atomic E-state index is 0.276. The minimum Gasteiger partial charge on any atom is -0.383 e. The summed E-state index contributed by atoms with van der Waals surface area (Å²) >= 11 is 0. The predicted molar refractivity (Wildman–Crippen MR) is 99.6 cm³/mol. The third-order valence-corrected chi connectivity index (χ3v) is 4.54. The van der Waals surface area contributed by atoms with Gasteiger partial charge in [0.2, 0.25) is 5.91 Å². The number of carbonyl (C=O) groups is 1. The summed E-state index contributed by atoms with van der Waals surface area (Å²) in [6, 6.07) is 3.61. The van der Waals surface area contributed by atoms with Crippen LogP contribution < -0.4 is 16.4 Å². The molecule has 4 rings (SSSR count). The quantitative estimate of drug-likeness (QED) is 0.791. The van der Waals surface area contributed by atoms with Gasteiger partial charge in [0.1, 0.15) is 17.8 Å². The molecule has 1 amide bonds. The first-order valence-electron chi connectivity index (χ1n) is 8.28. The molecule has 7 heteroatoms. The first kappa shape index (κ1) is 16.3. The molecular formula is C19H18FN5O. The molecule has 3 heterocycles. The van der Waals surface area contributed by atoms with Crippen LogP contribution in [0.15, 0.2) is 48.5 Å². The number of aromatic nitrogens is 2. The van der Waals surface area contributed by atoms with Crippen LogP contribution in [0.4, 0.5) is 16.0 Å². The molecule has 6 nitrogen and oxygen atoms in total. The molecule has 0 saturated heterocycles. The summed E-state index contributed by atoms with van der Waals surface area (Å²) in [5.41, 5.74) is 9.50. The number of halogens is 1. The van der Waals surface area contributed by atoms with Crippen LogP contribution in [-0.2, 0) is 4.79 Å². The van der Waals surface area contributed by atoms with Gasteiger partial charge in [-0.05, 0) is 42.5 Å². The molecule has 26 heavy (non-hydrogen) atoms. The van der Waals surface area contributed by atoms with E-state index in [1.54, 1.807) is 12.3 Å². The van der Waals surface area contributed by atoms with Crippen LogP contribution in [-0.4, -0.2) is 22.0 Å². The van der Waals surface area contributed by atoms with Gasteiger partial charge in [-0.1, -0.05) is 6.58 Å². The molecule has 1 fully saturated rings. The molecular weight excluding hydrogens is 333 g/mol. The first-order chi connectivity index (χ1) is 12.4. The van der Waals surface area contributed by atoms with Gasteiger partial charge < -0.3 is 16.4 Å². The van der Waals surface area contributed by atoms with E-state index in [1.165, 1.54) is 0 Å². The molecule has 0 bridgehead atoms. The van der Waals surface area contributed by atoms with Crippen LogP contribution in [0.3, 0.4) is 0 Å². The zero-order valence-corrected chi connectivity index (χ0v) is 14.2. The normalized spacial score (nSPS) is 21.7. The zero-order valence-electron chi connectivity index (χ0n) is 14.2. The summed E-state index contributed by atoms with van der Waals surface area (Å²) in [7, 11) is 0. The summed E-state index contributed by atoms with van der Waals surface area (Å²) < 4.78 is 13.0. The monoisotopic (exact) mass is 351 g/mol. The first-order valence-corrected chi connectivity index (χ1v) is 8.28. The van der Waals surface area contributed by atoms with Crippen LogP contribution in [0.2, 0.25) is 0 Å². The fraction of sp³-hybridized carbons (Fsp3) is 0.211. The summed E-state index contributed by atoms with van der Waals surface area (Å²) in [4.78, 5) is 20.6. The van der Waals surface area contributed by atoms with Crippen molar-refractivity contribution in [2.24, 2.45) is 5.92 Å². The Morgan fingerprint density at radius 3 is 2.96 bits per heavy atom. The average molecular weight is 351 g/mol. The Balaban J connectivity index is 1.71. The van der Waals surface area contributed by atoms with E-state index in [9.17, 15) is 9.18 Å². The fourth-order valence-electron chi connectivity index (χ4n) is 2.92. The van der Waals surface area contributed by atoms with Crippen molar-refractivity contribution in [3.63, 3.8) is 0 Å². The van der Waals surface area contributed by atoms with Gasteiger partial charge >= 0.3 is 0 Å². The van der Waals surface area contributed by atoms with Crippen molar-refractivity contribution in [3.8, 4) is 0 Å². The van der Waals surface area contributed by atoms with E-state index in [-0.39, 0.29) is 12.3 Å². The highest BCUT2D eigenvalue weighted by atomic mass is 19.1. The van der Waals surface area contributed by atoms with Crippen molar-refractivity contribution in [3.05, 3.63) is 54.1 Å². The number of nitrogens with zero attached hydrogens (tertiary/aromatic N) is 2. The summed E-state index contributed by atoms with van der Waals surface area (Å²) in [6.07, 6.45) is 4.56. The standard InChI is InChI=1S/C19H18FN5O/c1-9-7-22-10(2)3-12(9)16-4-11-5-17(23-8-14(11)18(21)24-16)25-19(26)13-6-15(13)20/h3-5,7-8,13,15,22H,2,6H2,1H3,(H2,21,24)(H,23,25,26)/t13-,15+/m0/s1. The highest BCUT2D eigenvalue weighted by Crippen LogP contribution is 2.35. The van der Waals surface area contributed by atoms with Crippen molar-refractivity contribution in [1.29, 1.82) is 0 Å². The van der Waals surface area contributed by atoms with Gasteiger partial charge in [0.15, 0.2) is 0 Å². The third-order valence-electron chi connectivity index (χ3n) is 4.54. The van der Waals surface area contributed by atoms with Gasteiger partial charge in [0.05, 0.1) is 11.6 Å². The van der Waals surface area contributed by atoms with E-state index in [4.69, 9.17) is 5.73 Å². The van der Waals surface area contributed by atoms with Crippen molar-refractivity contribution >= 4 is 33.9 Å². The number of fused-ring (bicyclic) bond motifs is 1. The molecule has 2 aromatic heterocycles. The number of pyridine rings is 2. The number of dihydropyridines is 1. The molecule has 0 aromatic carbocycles. The lowest BCUT2D eigenvalue weighted by Crippen LogP contribution is -2.16. The lowest BCUT2D eigenvalue weighted by atomic mass is 9.99. The van der Waals surface area contributed by atoms with Crippen molar-refractivity contribution in [2.45, 2.75) is 19.5 Å². The SMILES string of the molecule is C=C1C=C(c2cc3cc(NC(=O)[C@H]4C[C@H]4F)ncc3c(N)n2)C(C)=CN1. The smallest absolute Gasteiger partial charge is 0.231 e. The van der Waals surface area contributed by atoms with E-state index in [0.717, 1.165) is 22.2 Å². The lowest BCUT2D eigenvalue weighted by molar-refractivity contribution is -0.117. The van der Waals surface area contributed by atoms with Crippen LogP contribution >= 0.6 is 0 Å². The zero-order chi connectivity index (χ0) is 18.4. The van der Waals surface area contributed by atoms with Crippen LogP contribution in [0, 0.1) is 5.92 Å². The summed E-state index contributed by atoms with van der Waals surface area (Å²) in [6.45, 7) is 5.87. The number of nitrogen functional groups attached to an aromatic ring is 1. The fourth-order valence-corrected chi connectivity index (χ4v) is 2.92. The Morgan fingerprint density at radius 2 is 2.23 bits per heavy atom. The van der Waals surface area contributed by atoms with E-state index < -0.39 is 12.1 Å². The average Bonchev–Trinajstić information content (AvgIpc) is 3.33. The maximum absolute atomic E-state index is 13.0. The van der Waals surface area contributed by atoms with Gasteiger partial charge in [-0.15, -0.1) is 0 Å². The molecule has 0 unspecified atom stereocenters. The number of hydrogen-bond acceptors (Lipinski definition) is 5. The van der Waals surface area contributed by atoms with Crippen LogP contribution in [0.5, 0.6) is 0 Å². The largest absolute Gasteiger partial charge is 0.383 e. The van der Waals surface area contributed by atoms with Crippen molar-refractivity contribution < 1.29 is 9.18 Å². The lowest BCUT2D eigenvalue weighted by Gasteiger charge is -2.16. The van der Waals surface area contributed by atoms with Crippen molar-refractivity contribution in [2.75, 3.05) is 11.1 Å². The molecule has 132 valence electrons. The Morgan fingerprint density at radius 1 is 1.46 bits per heavy atom. The maximum Gasteiger partial charge on any atom is 0.231 e. The minimum atomic E-state index is -1.04. The number of hydrogen-bond donors (Lipinski definition) is 3. The molecule has 1 aliphatic heterocycles. The Kier molecular flexibility index (Phi) is 3.72. The van der Waals surface area contributed by atoms with Gasteiger partial charge in [-0.3, -0.25) is 4.79 Å². The van der Waals surface area contributed by atoms with Crippen molar-refractivity contribution in [1.82, 2.24) is 15.3 Å². The molecule has 0 spiro atoms. The maximum atomic E-state index is 13.0. The van der Waals surface area contributed by atoms with Crippen LogP contribution in [0.25, 0.3) is 16.3 Å². The molecule has 2 atom stereocenters. The van der Waals surface area contributed by atoms with Gasteiger partial charge in [-0.25, -0.2) is 14.4 Å². The number of rotatable bonds is 3.